The van der Waals surface area contributed by atoms with Gasteiger partial charge >= 0.3 is 6.03 Å². The van der Waals surface area contributed by atoms with Gasteiger partial charge in [-0.25, -0.2) is 9.48 Å². The Morgan fingerprint density at radius 1 is 0.909 bits per heavy atom. The number of carbonyl (C=O) groups is 2. The van der Waals surface area contributed by atoms with Crippen molar-refractivity contribution in [3.8, 4) is 16.9 Å². The molecular weight excluding hydrogens is 414 g/mol. The number of amides is 3. The molecule has 33 heavy (non-hydrogen) atoms. The summed E-state index contributed by atoms with van der Waals surface area (Å²) < 4.78 is 1.83. The average molecular weight is 438 g/mol. The highest BCUT2D eigenvalue weighted by Crippen LogP contribution is 2.24. The molecule has 2 heterocycles. The molecule has 7 nitrogen and oxygen atoms in total. The largest absolute Gasteiger partial charge is 0.348 e. The van der Waals surface area contributed by atoms with Gasteiger partial charge in [0.1, 0.15) is 0 Å². The summed E-state index contributed by atoms with van der Waals surface area (Å²) in [5.74, 6) is -0.182. The Balaban J connectivity index is 1.35. The number of rotatable bonds is 6. The van der Waals surface area contributed by atoms with Crippen molar-refractivity contribution >= 4 is 17.6 Å². The summed E-state index contributed by atoms with van der Waals surface area (Å²) in [6.45, 7) is 1.59. The first-order valence-electron chi connectivity index (χ1n) is 10.8. The van der Waals surface area contributed by atoms with Crippen LogP contribution >= 0.6 is 0 Å². The summed E-state index contributed by atoms with van der Waals surface area (Å²) in [7, 11) is 0. The van der Waals surface area contributed by atoms with E-state index in [2.05, 4.69) is 10.6 Å². The van der Waals surface area contributed by atoms with E-state index in [1.165, 1.54) is 0 Å². The van der Waals surface area contributed by atoms with Gasteiger partial charge in [0.2, 0.25) is 0 Å². The summed E-state index contributed by atoms with van der Waals surface area (Å²) >= 11 is 0. The Labute approximate surface area is 191 Å². The third-order valence-electron chi connectivity index (χ3n) is 5.60. The highest BCUT2D eigenvalue weighted by atomic mass is 16.2. The summed E-state index contributed by atoms with van der Waals surface area (Å²) in [4.78, 5) is 26.3. The molecule has 1 saturated heterocycles. The van der Waals surface area contributed by atoms with Crippen molar-refractivity contribution in [1.82, 2.24) is 20.4 Å². The van der Waals surface area contributed by atoms with E-state index >= 15 is 0 Å². The molecule has 1 aliphatic heterocycles. The zero-order chi connectivity index (χ0) is 22.6. The second-order valence-corrected chi connectivity index (χ2v) is 7.76. The van der Waals surface area contributed by atoms with Crippen molar-refractivity contribution in [3.63, 3.8) is 0 Å². The van der Waals surface area contributed by atoms with Crippen LogP contribution in [0.1, 0.15) is 15.9 Å². The quantitative estimate of drug-likeness (QED) is 0.479. The average Bonchev–Trinajstić information content (AvgIpc) is 3.50. The molecule has 0 aliphatic carbocycles. The van der Waals surface area contributed by atoms with Crippen LogP contribution in [-0.4, -0.2) is 34.8 Å². The minimum atomic E-state index is -0.182. The van der Waals surface area contributed by atoms with E-state index in [9.17, 15) is 9.59 Å². The third kappa shape index (κ3) is 4.34. The second-order valence-electron chi connectivity index (χ2n) is 7.76. The molecule has 7 heteroatoms. The van der Waals surface area contributed by atoms with Gasteiger partial charge in [-0.2, -0.15) is 5.10 Å². The van der Waals surface area contributed by atoms with E-state index in [-0.39, 0.29) is 11.9 Å². The molecule has 3 aromatic carbocycles. The lowest BCUT2D eigenvalue weighted by Gasteiger charge is -2.14. The molecule has 4 aromatic rings. The topological polar surface area (TPSA) is 79.3 Å². The van der Waals surface area contributed by atoms with Crippen molar-refractivity contribution in [2.24, 2.45) is 0 Å². The van der Waals surface area contributed by atoms with E-state index in [1.54, 1.807) is 29.2 Å². The van der Waals surface area contributed by atoms with E-state index in [1.807, 2.05) is 71.5 Å². The molecule has 1 aromatic heterocycles. The van der Waals surface area contributed by atoms with Crippen LogP contribution in [0.4, 0.5) is 10.5 Å². The van der Waals surface area contributed by atoms with E-state index in [4.69, 9.17) is 5.10 Å². The van der Waals surface area contributed by atoms with Gasteiger partial charge < -0.3 is 10.6 Å². The first kappa shape index (κ1) is 20.5. The molecule has 2 N–H and O–H groups in total. The van der Waals surface area contributed by atoms with Crippen LogP contribution in [0.15, 0.2) is 91.1 Å². The molecule has 0 spiro atoms. The Bertz CT molecular complexity index is 1270. The van der Waals surface area contributed by atoms with Crippen molar-refractivity contribution < 1.29 is 9.59 Å². The second kappa shape index (κ2) is 9.00. The number of urea groups is 1. The maximum absolute atomic E-state index is 12.8. The molecule has 5 rings (SSSR count). The number of benzene rings is 3. The number of para-hydroxylation sites is 1. The Hall–Kier alpha value is -4.39. The van der Waals surface area contributed by atoms with Crippen LogP contribution in [-0.2, 0) is 6.54 Å². The van der Waals surface area contributed by atoms with Crippen molar-refractivity contribution in [3.05, 3.63) is 102 Å². The van der Waals surface area contributed by atoms with Gasteiger partial charge in [0.15, 0.2) is 0 Å². The summed E-state index contributed by atoms with van der Waals surface area (Å²) in [5, 5.41) is 10.6. The zero-order valence-corrected chi connectivity index (χ0v) is 17.9. The SMILES string of the molecule is O=C(NCc1cn(-c2ccccc2)nc1-c1ccccc1)c1ccc(N2CCNC2=O)cc1. The highest BCUT2D eigenvalue weighted by molar-refractivity contribution is 5.97. The minimum Gasteiger partial charge on any atom is -0.348 e. The first-order chi connectivity index (χ1) is 16.2. The van der Waals surface area contributed by atoms with Crippen LogP contribution in [0.3, 0.4) is 0 Å². The first-order valence-corrected chi connectivity index (χ1v) is 10.8. The number of hydrogen-bond acceptors (Lipinski definition) is 3. The molecule has 3 amide bonds. The number of hydrogen-bond donors (Lipinski definition) is 2. The van der Waals surface area contributed by atoms with Gasteiger partial charge in [-0.15, -0.1) is 0 Å². The molecule has 0 saturated carbocycles. The number of carbonyl (C=O) groups excluding carboxylic acids is 2. The van der Waals surface area contributed by atoms with Gasteiger partial charge in [-0.1, -0.05) is 48.5 Å². The molecular formula is C26H23N5O2. The van der Waals surface area contributed by atoms with Crippen LogP contribution in [0.25, 0.3) is 16.9 Å². The maximum Gasteiger partial charge on any atom is 0.321 e. The molecule has 1 aliphatic rings. The van der Waals surface area contributed by atoms with E-state index < -0.39 is 0 Å². The monoisotopic (exact) mass is 437 g/mol. The highest BCUT2D eigenvalue weighted by Gasteiger charge is 2.21. The van der Waals surface area contributed by atoms with Crippen molar-refractivity contribution in [2.75, 3.05) is 18.0 Å². The van der Waals surface area contributed by atoms with Crippen molar-refractivity contribution in [1.29, 1.82) is 0 Å². The fourth-order valence-corrected chi connectivity index (χ4v) is 3.88. The predicted molar refractivity (Wildman–Crippen MR) is 127 cm³/mol. The van der Waals surface area contributed by atoms with E-state index in [0.717, 1.165) is 28.2 Å². The maximum atomic E-state index is 12.8. The lowest BCUT2D eigenvalue weighted by molar-refractivity contribution is 0.0951. The van der Waals surface area contributed by atoms with Crippen molar-refractivity contribution in [2.45, 2.75) is 6.54 Å². The van der Waals surface area contributed by atoms with Gasteiger partial charge in [-0.05, 0) is 36.4 Å². The van der Waals surface area contributed by atoms with Crippen LogP contribution in [0.5, 0.6) is 0 Å². The Kier molecular flexibility index (Phi) is 5.59. The van der Waals surface area contributed by atoms with Crippen LogP contribution < -0.4 is 15.5 Å². The number of aromatic nitrogens is 2. The molecule has 164 valence electrons. The number of anilines is 1. The lowest BCUT2D eigenvalue weighted by atomic mass is 10.1. The number of nitrogens with one attached hydrogen (secondary N) is 2. The van der Waals surface area contributed by atoms with E-state index in [0.29, 0.717) is 25.2 Å². The van der Waals surface area contributed by atoms with Crippen LogP contribution in [0.2, 0.25) is 0 Å². The smallest absolute Gasteiger partial charge is 0.321 e. The van der Waals surface area contributed by atoms with Crippen LogP contribution in [0, 0.1) is 0 Å². The van der Waals surface area contributed by atoms with Gasteiger partial charge in [0.25, 0.3) is 5.91 Å². The standard InChI is InChI=1S/C26H23N5O2/c32-25(20-11-13-22(14-12-20)30-16-15-27-26(30)33)28-17-21-18-31(23-9-5-2-6-10-23)29-24(21)19-7-3-1-4-8-19/h1-14,18H,15-17H2,(H,27,33)(H,28,32). The fraction of sp³-hybridized carbons (Fsp3) is 0.115. The third-order valence-corrected chi connectivity index (χ3v) is 5.60. The Morgan fingerprint density at radius 3 is 2.27 bits per heavy atom. The normalized spacial score (nSPS) is 13.1. The minimum absolute atomic E-state index is 0.115. The molecule has 1 fully saturated rings. The van der Waals surface area contributed by atoms with Gasteiger partial charge in [0.05, 0.1) is 11.4 Å². The lowest BCUT2D eigenvalue weighted by Crippen LogP contribution is -2.28. The summed E-state index contributed by atoms with van der Waals surface area (Å²) in [5.41, 5.74) is 5.00. The fourth-order valence-electron chi connectivity index (χ4n) is 3.88. The summed E-state index contributed by atoms with van der Waals surface area (Å²) in [6.07, 6.45) is 1.95. The zero-order valence-electron chi connectivity index (χ0n) is 17.9. The number of nitrogens with zero attached hydrogens (tertiary/aromatic N) is 3. The molecule has 0 atom stereocenters. The Morgan fingerprint density at radius 2 is 1.61 bits per heavy atom. The predicted octanol–water partition coefficient (Wildman–Crippen LogP) is 4.00. The molecule has 0 radical (unpaired) electrons. The van der Waals surface area contributed by atoms with Gasteiger partial charge in [0, 0.05) is 48.2 Å². The molecule has 0 unspecified atom stereocenters. The van der Waals surface area contributed by atoms with Gasteiger partial charge in [-0.3, -0.25) is 9.69 Å². The molecule has 0 bridgehead atoms. The summed E-state index contributed by atoms with van der Waals surface area (Å²) in [6, 6.07) is 26.8.